The van der Waals surface area contributed by atoms with Crippen molar-refractivity contribution in [2.75, 3.05) is 19.0 Å². The number of aliphatic hydroxyl groups is 1. The normalized spacial score (nSPS) is 24.4. The minimum atomic E-state index is -0.181. The maximum atomic E-state index is 9.85. The van der Waals surface area contributed by atoms with Gasteiger partial charge in [0.15, 0.2) is 0 Å². The molecule has 0 aliphatic heterocycles. The summed E-state index contributed by atoms with van der Waals surface area (Å²) in [6, 6.07) is 1.76. The molecule has 94 valence electrons. The van der Waals surface area contributed by atoms with E-state index in [0.29, 0.717) is 11.8 Å². The molecule has 2 atom stereocenters. The first kappa shape index (κ1) is 12.1. The number of hydrogen-bond acceptors (Lipinski definition) is 5. The van der Waals surface area contributed by atoms with Crippen LogP contribution in [0.25, 0.3) is 0 Å². The van der Waals surface area contributed by atoms with Crippen molar-refractivity contribution in [2.24, 2.45) is 5.92 Å². The van der Waals surface area contributed by atoms with E-state index in [1.165, 1.54) is 12.7 Å². The van der Waals surface area contributed by atoms with Crippen LogP contribution in [0, 0.1) is 5.92 Å². The highest BCUT2D eigenvalue weighted by Gasteiger charge is 2.22. The fourth-order valence-corrected chi connectivity index (χ4v) is 2.21. The SMILES string of the molecule is COc1cc(NCC2CCCCC2O)ncn1. The molecule has 0 radical (unpaired) electrons. The van der Waals surface area contributed by atoms with Gasteiger partial charge in [-0.2, -0.15) is 0 Å². The van der Waals surface area contributed by atoms with Gasteiger partial charge >= 0.3 is 0 Å². The van der Waals surface area contributed by atoms with Gasteiger partial charge in [-0.3, -0.25) is 0 Å². The van der Waals surface area contributed by atoms with Crippen LogP contribution >= 0.6 is 0 Å². The Morgan fingerprint density at radius 1 is 1.41 bits per heavy atom. The smallest absolute Gasteiger partial charge is 0.218 e. The zero-order chi connectivity index (χ0) is 12.1. The van der Waals surface area contributed by atoms with E-state index in [2.05, 4.69) is 15.3 Å². The van der Waals surface area contributed by atoms with Crippen molar-refractivity contribution in [1.29, 1.82) is 0 Å². The molecule has 0 bridgehead atoms. The monoisotopic (exact) mass is 237 g/mol. The number of anilines is 1. The van der Waals surface area contributed by atoms with Gasteiger partial charge in [0.1, 0.15) is 12.1 Å². The Labute approximate surface area is 101 Å². The van der Waals surface area contributed by atoms with Gasteiger partial charge in [-0.25, -0.2) is 9.97 Å². The van der Waals surface area contributed by atoms with E-state index in [9.17, 15) is 5.11 Å². The van der Waals surface area contributed by atoms with Crippen molar-refractivity contribution in [3.63, 3.8) is 0 Å². The van der Waals surface area contributed by atoms with Crippen LogP contribution in [-0.4, -0.2) is 34.8 Å². The molecule has 0 aromatic carbocycles. The number of hydrogen-bond donors (Lipinski definition) is 2. The zero-order valence-corrected chi connectivity index (χ0v) is 10.1. The van der Waals surface area contributed by atoms with Crippen molar-refractivity contribution < 1.29 is 9.84 Å². The zero-order valence-electron chi connectivity index (χ0n) is 10.1. The predicted octanol–water partition coefficient (Wildman–Crippen LogP) is 1.45. The van der Waals surface area contributed by atoms with E-state index in [-0.39, 0.29) is 6.10 Å². The summed E-state index contributed by atoms with van der Waals surface area (Å²) >= 11 is 0. The van der Waals surface area contributed by atoms with Gasteiger partial charge in [0.2, 0.25) is 5.88 Å². The molecule has 2 N–H and O–H groups in total. The van der Waals surface area contributed by atoms with E-state index in [4.69, 9.17) is 4.74 Å². The summed E-state index contributed by atoms with van der Waals surface area (Å²) in [5, 5.41) is 13.1. The molecule has 5 nitrogen and oxygen atoms in total. The van der Waals surface area contributed by atoms with E-state index in [0.717, 1.165) is 31.6 Å². The second kappa shape index (κ2) is 5.82. The van der Waals surface area contributed by atoms with Crippen LogP contribution < -0.4 is 10.1 Å². The van der Waals surface area contributed by atoms with Crippen LogP contribution in [0.2, 0.25) is 0 Å². The van der Waals surface area contributed by atoms with Crippen LogP contribution in [0.4, 0.5) is 5.82 Å². The molecule has 0 amide bonds. The van der Waals surface area contributed by atoms with E-state index >= 15 is 0 Å². The molecule has 1 fully saturated rings. The molecule has 1 aliphatic rings. The molecule has 2 unspecified atom stereocenters. The molecule has 0 saturated heterocycles. The van der Waals surface area contributed by atoms with Gasteiger partial charge in [-0.1, -0.05) is 12.8 Å². The number of nitrogens with one attached hydrogen (secondary N) is 1. The Morgan fingerprint density at radius 2 is 2.24 bits per heavy atom. The first-order valence-corrected chi connectivity index (χ1v) is 6.07. The van der Waals surface area contributed by atoms with Crippen molar-refractivity contribution in [3.05, 3.63) is 12.4 Å². The Bertz CT molecular complexity index is 359. The van der Waals surface area contributed by atoms with Crippen molar-refractivity contribution in [1.82, 2.24) is 9.97 Å². The van der Waals surface area contributed by atoms with Crippen molar-refractivity contribution >= 4 is 5.82 Å². The van der Waals surface area contributed by atoms with Gasteiger partial charge in [-0.05, 0) is 12.8 Å². The van der Waals surface area contributed by atoms with Gasteiger partial charge in [-0.15, -0.1) is 0 Å². The second-order valence-corrected chi connectivity index (χ2v) is 4.44. The lowest BCUT2D eigenvalue weighted by molar-refractivity contribution is 0.0763. The largest absolute Gasteiger partial charge is 0.481 e. The second-order valence-electron chi connectivity index (χ2n) is 4.44. The van der Waals surface area contributed by atoms with E-state index < -0.39 is 0 Å². The lowest BCUT2D eigenvalue weighted by atomic mass is 9.86. The summed E-state index contributed by atoms with van der Waals surface area (Å²) in [4.78, 5) is 8.06. The minimum absolute atomic E-state index is 0.181. The van der Waals surface area contributed by atoms with Gasteiger partial charge in [0, 0.05) is 18.5 Å². The molecule has 0 spiro atoms. The fraction of sp³-hybridized carbons (Fsp3) is 0.667. The number of aromatic nitrogens is 2. The van der Waals surface area contributed by atoms with Gasteiger partial charge < -0.3 is 15.2 Å². The summed E-state index contributed by atoms with van der Waals surface area (Å²) in [5.74, 6) is 1.62. The lowest BCUT2D eigenvalue weighted by Gasteiger charge is -2.27. The molecule has 17 heavy (non-hydrogen) atoms. The van der Waals surface area contributed by atoms with Crippen LogP contribution in [0.15, 0.2) is 12.4 Å². The summed E-state index contributed by atoms with van der Waals surface area (Å²) in [5.41, 5.74) is 0. The Hall–Kier alpha value is -1.36. The van der Waals surface area contributed by atoms with Crippen LogP contribution in [0.3, 0.4) is 0 Å². The summed E-state index contributed by atoms with van der Waals surface area (Å²) in [6.07, 6.45) is 5.63. The standard InChI is InChI=1S/C12H19N3O2/c1-17-12-6-11(14-8-15-12)13-7-9-4-2-3-5-10(9)16/h6,8-10,16H,2-5,7H2,1H3,(H,13,14,15). The number of ether oxygens (including phenoxy) is 1. The molecule has 2 rings (SSSR count). The van der Waals surface area contributed by atoms with Crippen molar-refractivity contribution in [2.45, 2.75) is 31.8 Å². The Morgan fingerprint density at radius 3 is 3.00 bits per heavy atom. The van der Waals surface area contributed by atoms with Crippen LogP contribution in [0.5, 0.6) is 5.88 Å². The molecule has 1 saturated carbocycles. The minimum Gasteiger partial charge on any atom is -0.481 e. The number of nitrogens with zero attached hydrogens (tertiary/aromatic N) is 2. The number of methoxy groups -OCH3 is 1. The molecule has 1 heterocycles. The average molecular weight is 237 g/mol. The Kier molecular flexibility index (Phi) is 4.14. The summed E-state index contributed by atoms with van der Waals surface area (Å²) in [6.45, 7) is 0.751. The lowest BCUT2D eigenvalue weighted by Crippen LogP contribution is -2.30. The maximum Gasteiger partial charge on any atom is 0.218 e. The van der Waals surface area contributed by atoms with Crippen LogP contribution in [-0.2, 0) is 0 Å². The highest BCUT2D eigenvalue weighted by molar-refractivity contribution is 5.37. The highest BCUT2D eigenvalue weighted by Crippen LogP contribution is 2.24. The predicted molar refractivity (Wildman–Crippen MR) is 65.0 cm³/mol. The summed E-state index contributed by atoms with van der Waals surface area (Å²) < 4.78 is 5.03. The molecule has 1 aromatic heterocycles. The van der Waals surface area contributed by atoms with E-state index in [1.54, 1.807) is 13.2 Å². The topological polar surface area (TPSA) is 67.3 Å². The fourth-order valence-electron chi connectivity index (χ4n) is 2.21. The average Bonchev–Trinajstić information content (AvgIpc) is 2.38. The number of aliphatic hydroxyl groups excluding tert-OH is 1. The molecule has 1 aliphatic carbocycles. The maximum absolute atomic E-state index is 9.85. The molecular formula is C12H19N3O2. The third-order valence-electron chi connectivity index (χ3n) is 3.27. The first-order chi connectivity index (χ1) is 8.29. The summed E-state index contributed by atoms with van der Waals surface area (Å²) in [7, 11) is 1.58. The van der Waals surface area contributed by atoms with Gasteiger partial charge in [0.05, 0.1) is 13.2 Å². The Balaban J connectivity index is 1.88. The van der Waals surface area contributed by atoms with Gasteiger partial charge in [0.25, 0.3) is 0 Å². The van der Waals surface area contributed by atoms with Crippen LogP contribution in [0.1, 0.15) is 25.7 Å². The van der Waals surface area contributed by atoms with E-state index in [1.807, 2.05) is 0 Å². The number of rotatable bonds is 4. The molecule has 5 heteroatoms. The quantitative estimate of drug-likeness (QED) is 0.829. The van der Waals surface area contributed by atoms with Crippen molar-refractivity contribution in [3.8, 4) is 5.88 Å². The molecule has 1 aromatic rings. The third-order valence-corrected chi connectivity index (χ3v) is 3.27. The first-order valence-electron chi connectivity index (χ1n) is 6.07. The third kappa shape index (κ3) is 3.30. The molecular weight excluding hydrogens is 218 g/mol. The highest BCUT2D eigenvalue weighted by atomic mass is 16.5.